The molecule has 3 aromatic carbocycles. The van der Waals surface area contributed by atoms with Gasteiger partial charge in [0, 0.05) is 19.0 Å². The summed E-state index contributed by atoms with van der Waals surface area (Å²) in [5, 5.41) is 3.16. The minimum atomic E-state index is -0.828. The number of hydrogen-bond donors (Lipinski definition) is 1. The summed E-state index contributed by atoms with van der Waals surface area (Å²) in [6.45, 7) is -0.362. The monoisotopic (exact) mass is 506 g/mol. The summed E-state index contributed by atoms with van der Waals surface area (Å²) in [5.74, 6) is -1.70. The van der Waals surface area contributed by atoms with Gasteiger partial charge in [0.1, 0.15) is 11.9 Å². The lowest BCUT2D eigenvalue weighted by molar-refractivity contribution is -0.143. The van der Waals surface area contributed by atoms with Gasteiger partial charge >= 0.3 is 0 Å². The Balaban J connectivity index is 1.61. The standard InChI is InChI=1S/C30H32F2N2O3/c31-24-17-15-23(16-18-24)20-34(29(35)21-37-28-14-8-7-13-26(28)32)27(19-22-9-3-1-4-10-22)30(36)33-25-11-5-2-6-12-25/h1,3-4,7-10,13-18,25,27H,2,5-6,11-12,19-21H2,(H,33,36). The van der Waals surface area contributed by atoms with E-state index in [0.29, 0.717) is 12.0 Å². The SMILES string of the molecule is O=C(NC1CCCCC1)C(Cc1ccccc1)N(Cc1ccc(F)cc1)C(=O)COc1ccccc1F. The minimum absolute atomic E-state index is 0.0381. The number of nitrogens with one attached hydrogen (secondary N) is 1. The number of para-hydroxylation sites is 1. The van der Waals surface area contributed by atoms with E-state index in [2.05, 4.69) is 5.32 Å². The van der Waals surface area contributed by atoms with E-state index in [1.807, 2.05) is 30.3 Å². The van der Waals surface area contributed by atoms with Crippen molar-refractivity contribution in [2.24, 2.45) is 0 Å². The van der Waals surface area contributed by atoms with Crippen molar-refractivity contribution < 1.29 is 23.1 Å². The zero-order chi connectivity index (χ0) is 26.0. The Hall–Kier alpha value is -3.74. The van der Waals surface area contributed by atoms with Crippen LogP contribution in [0.25, 0.3) is 0 Å². The molecule has 3 aromatic rings. The molecule has 1 N–H and O–H groups in total. The number of rotatable bonds is 10. The van der Waals surface area contributed by atoms with Gasteiger partial charge in [0.15, 0.2) is 18.2 Å². The summed E-state index contributed by atoms with van der Waals surface area (Å²) in [5.41, 5.74) is 1.57. The zero-order valence-electron chi connectivity index (χ0n) is 20.7. The summed E-state index contributed by atoms with van der Waals surface area (Å²) in [7, 11) is 0. The van der Waals surface area contributed by atoms with Gasteiger partial charge in [0.05, 0.1) is 0 Å². The van der Waals surface area contributed by atoms with Gasteiger partial charge in [-0.1, -0.05) is 73.9 Å². The first kappa shape index (κ1) is 26.3. The molecule has 1 aliphatic rings. The number of hydrogen-bond acceptors (Lipinski definition) is 3. The van der Waals surface area contributed by atoms with E-state index in [1.165, 1.54) is 35.2 Å². The molecule has 0 spiro atoms. The van der Waals surface area contributed by atoms with Gasteiger partial charge in [-0.2, -0.15) is 0 Å². The largest absolute Gasteiger partial charge is 0.481 e. The van der Waals surface area contributed by atoms with Gasteiger partial charge in [0.2, 0.25) is 5.91 Å². The van der Waals surface area contributed by atoms with E-state index in [0.717, 1.165) is 37.7 Å². The maximum absolute atomic E-state index is 14.1. The van der Waals surface area contributed by atoms with Crippen molar-refractivity contribution in [2.75, 3.05) is 6.61 Å². The van der Waals surface area contributed by atoms with Gasteiger partial charge in [-0.05, 0) is 48.2 Å². The molecular formula is C30H32F2N2O3. The number of amides is 2. The topological polar surface area (TPSA) is 58.6 Å². The number of carbonyl (C=O) groups is 2. The average Bonchev–Trinajstić information content (AvgIpc) is 2.92. The molecule has 2 amide bonds. The lowest BCUT2D eigenvalue weighted by atomic mass is 9.94. The molecule has 0 heterocycles. The van der Waals surface area contributed by atoms with E-state index in [1.54, 1.807) is 18.2 Å². The number of ether oxygens (including phenoxy) is 1. The molecule has 5 nitrogen and oxygen atoms in total. The smallest absolute Gasteiger partial charge is 0.261 e. The van der Waals surface area contributed by atoms with E-state index in [4.69, 9.17) is 4.74 Å². The van der Waals surface area contributed by atoms with Crippen LogP contribution in [0.1, 0.15) is 43.2 Å². The van der Waals surface area contributed by atoms with Crippen LogP contribution in [0, 0.1) is 11.6 Å². The molecule has 0 radical (unpaired) electrons. The third-order valence-electron chi connectivity index (χ3n) is 6.68. The molecule has 1 atom stereocenters. The Kier molecular flexibility index (Phi) is 9.24. The Labute approximate surface area is 216 Å². The van der Waals surface area contributed by atoms with Crippen LogP contribution in [0.15, 0.2) is 78.9 Å². The summed E-state index contributed by atoms with van der Waals surface area (Å²) in [4.78, 5) is 28.7. The predicted molar refractivity (Wildman–Crippen MR) is 138 cm³/mol. The Morgan fingerprint density at radius 2 is 1.54 bits per heavy atom. The molecule has 0 saturated heterocycles. The second-order valence-electron chi connectivity index (χ2n) is 9.42. The minimum Gasteiger partial charge on any atom is -0.481 e. The highest BCUT2D eigenvalue weighted by atomic mass is 19.1. The van der Waals surface area contributed by atoms with Crippen LogP contribution in [0.4, 0.5) is 8.78 Å². The van der Waals surface area contributed by atoms with Gasteiger partial charge in [0.25, 0.3) is 5.91 Å². The van der Waals surface area contributed by atoms with E-state index < -0.39 is 24.4 Å². The van der Waals surface area contributed by atoms with Crippen molar-refractivity contribution in [3.05, 3.63) is 102 Å². The summed E-state index contributed by atoms with van der Waals surface area (Å²) in [6.07, 6.45) is 5.39. The number of benzene rings is 3. The molecule has 194 valence electrons. The second kappa shape index (κ2) is 13.0. The average molecular weight is 507 g/mol. The van der Waals surface area contributed by atoms with Crippen LogP contribution in [0.2, 0.25) is 0 Å². The van der Waals surface area contributed by atoms with Gasteiger partial charge in [-0.15, -0.1) is 0 Å². The Morgan fingerprint density at radius 1 is 0.865 bits per heavy atom. The van der Waals surface area contributed by atoms with E-state index >= 15 is 0 Å². The van der Waals surface area contributed by atoms with Crippen LogP contribution in [-0.4, -0.2) is 35.4 Å². The normalized spacial score (nSPS) is 14.5. The molecule has 0 bridgehead atoms. The Bertz CT molecular complexity index is 1160. The zero-order valence-corrected chi connectivity index (χ0v) is 20.7. The quantitative estimate of drug-likeness (QED) is 0.399. The van der Waals surface area contributed by atoms with Crippen LogP contribution in [-0.2, 0) is 22.6 Å². The van der Waals surface area contributed by atoms with Crippen molar-refractivity contribution >= 4 is 11.8 Å². The molecular weight excluding hydrogens is 474 g/mol. The van der Waals surface area contributed by atoms with Crippen LogP contribution in [0.5, 0.6) is 5.75 Å². The van der Waals surface area contributed by atoms with Crippen molar-refractivity contribution in [3.8, 4) is 5.75 Å². The third kappa shape index (κ3) is 7.62. The summed E-state index contributed by atoms with van der Waals surface area (Å²) in [6, 6.07) is 20.4. The number of carbonyl (C=O) groups excluding carboxylic acids is 2. The Morgan fingerprint density at radius 3 is 2.24 bits per heavy atom. The van der Waals surface area contributed by atoms with Crippen LogP contribution < -0.4 is 10.1 Å². The summed E-state index contributed by atoms with van der Waals surface area (Å²) < 4.78 is 33.2. The molecule has 1 saturated carbocycles. The maximum atomic E-state index is 14.1. The molecule has 1 aliphatic carbocycles. The van der Waals surface area contributed by atoms with E-state index in [-0.39, 0.29) is 30.1 Å². The fraction of sp³-hybridized carbons (Fsp3) is 0.333. The lowest BCUT2D eigenvalue weighted by Crippen LogP contribution is -2.53. The lowest BCUT2D eigenvalue weighted by Gasteiger charge is -2.33. The van der Waals surface area contributed by atoms with Gasteiger partial charge < -0.3 is 15.0 Å². The molecule has 4 rings (SSSR count). The van der Waals surface area contributed by atoms with E-state index in [9.17, 15) is 18.4 Å². The predicted octanol–water partition coefficient (Wildman–Crippen LogP) is 5.43. The molecule has 0 aliphatic heterocycles. The number of halogens is 2. The van der Waals surface area contributed by atoms with Gasteiger partial charge in [-0.3, -0.25) is 9.59 Å². The molecule has 1 unspecified atom stereocenters. The highest BCUT2D eigenvalue weighted by molar-refractivity contribution is 5.88. The molecule has 37 heavy (non-hydrogen) atoms. The van der Waals surface area contributed by atoms with Crippen molar-refractivity contribution in [2.45, 2.75) is 57.2 Å². The first-order valence-corrected chi connectivity index (χ1v) is 12.7. The van der Waals surface area contributed by atoms with Crippen molar-refractivity contribution in [1.82, 2.24) is 10.2 Å². The maximum Gasteiger partial charge on any atom is 0.261 e. The molecule has 7 heteroatoms. The third-order valence-corrected chi connectivity index (χ3v) is 6.68. The first-order chi connectivity index (χ1) is 18.0. The molecule has 1 fully saturated rings. The first-order valence-electron chi connectivity index (χ1n) is 12.7. The van der Waals surface area contributed by atoms with Crippen molar-refractivity contribution in [3.63, 3.8) is 0 Å². The fourth-order valence-electron chi connectivity index (χ4n) is 4.67. The van der Waals surface area contributed by atoms with Crippen molar-refractivity contribution in [1.29, 1.82) is 0 Å². The number of nitrogens with zero attached hydrogens (tertiary/aromatic N) is 1. The molecule has 0 aromatic heterocycles. The summed E-state index contributed by atoms with van der Waals surface area (Å²) >= 11 is 0. The highest BCUT2D eigenvalue weighted by Gasteiger charge is 2.32. The van der Waals surface area contributed by atoms with Gasteiger partial charge in [-0.25, -0.2) is 8.78 Å². The second-order valence-corrected chi connectivity index (χ2v) is 9.42. The fourth-order valence-corrected chi connectivity index (χ4v) is 4.67. The highest BCUT2D eigenvalue weighted by Crippen LogP contribution is 2.21. The van der Waals surface area contributed by atoms with Crippen LogP contribution >= 0.6 is 0 Å². The van der Waals surface area contributed by atoms with Crippen LogP contribution in [0.3, 0.4) is 0 Å².